The number of fused-ring (bicyclic) bond motifs is 1. The molecule has 0 radical (unpaired) electrons. The van der Waals surface area contributed by atoms with Crippen LogP contribution in [0.25, 0.3) is 0 Å². The molecule has 7 heteroatoms. The summed E-state index contributed by atoms with van der Waals surface area (Å²) in [5, 5.41) is 5.76. The van der Waals surface area contributed by atoms with Gasteiger partial charge in [-0.1, -0.05) is 11.2 Å². The van der Waals surface area contributed by atoms with Crippen molar-refractivity contribution < 1.29 is 14.1 Å². The first-order valence-corrected chi connectivity index (χ1v) is 8.37. The second kappa shape index (κ2) is 5.48. The van der Waals surface area contributed by atoms with Gasteiger partial charge in [-0.2, -0.15) is 4.98 Å². The Bertz CT molecular complexity index is 669. The lowest BCUT2D eigenvalue weighted by Crippen LogP contribution is -2.45. The summed E-state index contributed by atoms with van der Waals surface area (Å²) in [7, 11) is 0. The third-order valence-corrected chi connectivity index (χ3v) is 5.25. The van der Waals surface area contributed by atoms with Gasteiger partial charge in [-0.15, -0.1) is 11.3 Å². The number of thiophene rings is 1. The lowest BCUT2D eigenvalue weighted by atomic mass is 9.91. The van der Waals surface area contributed by atoms with Crippen LogP contribution in [0, 0.1) is 12.8 Å². The number of piperidine rings is 1. The summed E-state index contributed by atoms with van der Waals surface area (Å²) in [6.45, 7) is 3.23. The van der Waals surface area contributed by atoms with Gasteiger partial charge < -0.3 is 14.2 Å². The summed E-state index contributed by atoms with van der Waals surface area (Å²) in [5.41, 5.74) is 0. The zero-order chi connectivity index (χ0) is 15.1. The molecule has 0 saturated carbocycles. The molecule has 6 nitrogen and oxygen atoms in total. The average Bonchev–Trinajstić information content (AvgIpc) is 3.25. The molecule has 1 amide bonds. The number of aromatic nitrogens is 2. The fourth-order valence-electron chi connectivity index (χ4n) is 3.27. The molecule has 22 heavy (non-hydrogen) atoms. The van der Waals surface area contributed by atoms with Gasteiger partial charge in [0.15, 0.2) is 5.82 Å². The largest absolute Gasteiger partial charge is 0.363 e. The first kappa shape index (κ1) is 13.9. The highest BCUT2D eigenvalue weighted by molar-refractivity contribution is 7.12. The van der Waals surface area contributed by atoms with E-state index in [0.717, 1.165) is 24.3 Å². The molecule has 0 aromatic carbocycles. The minimum atomic E-state index is -0.131. The molecule has 4 heterocycles. The number of aryl methyl sites for hydroxylation is 1. The number of likely N-dealkylation sites (tertiary alicyclic amines) is 1. The molecule has 116 valence electrons. The van der Waals surface area contributed by atoms with Gasteiger partial charge in [-0.25, -0.2) is 0 Å². The lowest BCUT2D eigenvalue weighted by Gasteiger charge is -2.33. The van der Waals surface area contributed by atoms with Crippen LogP contribution >= 0.6 is 11.3 Å². The van der Waals surface area contributed by atoms with Crippen LogP contribution in [0.4, 0.5) is 0 Å². The highest BCUT2D eigenvalue weighted by atomic mass is 32.1. The zero-order valence-corrected chi connectivity index (χ0v) is 13.1. The lowest BCUT2D eigenvalue weighted by molar-refractivity contribution is -0.0136. The number of amides is 1. The van der Waals surface area contributed by atoms with Gasteiger partial charge in [0.05, 0.1) is 11.0 Å². The predicted molar refractivity (Wildman–Crippen MR) is 79.6 cm³/mol. The Labute approximate surface area is 132 Å². The van der Waals surface area contributed by atoms with E-state index in [-0.39, 0.29) is 18.1 Å². The molecular weight excluding hydrogens is 302 g/mol. The van der Waals surface area contributed by atoms with Crippen molar-refractivity contribution in [3.8, 4) is 0 Å². The van der Waals surface area contributed by atoms with Crippen molar-refractivity contribution in [2.45, 2.75) is 32.0 Å². The van der Waals surface area contributed by atoms with E-state index in [1.807, 2.05) is 22.4 Å². The van der Waals surface area contributed by atoms with E-state index >= 15 is 0 Å². The second-order valence-corrected chi connectivity index (χ2v) is 6.80. The maximum Gasteiger partial charge on any atom is 0.264 e. The van der Waals surface area contributed by atoms with Crippen LogP contribution in [-0.4, -0.2) is 40.1 Å². The summed E-state index contributed by atoms with van der Waals surface area (Å²) < 4.78 is 11.3. The maximum absolute atomic E-state index is 12.4. The number of hydrogen-bond donors (Lipinski definition) is 0. The maximum atomic E-state index is 12.4. The van der Waals surface area contributed by atoms with E-state index in [4.69, 9.17) is 9.26 Å². The SMILES string of the molecule is Cc1noc([C@H]2C[C@@H]3CCN(C(=O)c4cccs4)C[C@H]3O2)n1. The smallest absolute Gasteiger partial charge is 0.264 e. The van der Waals surface area contributed by atoms with Gasteiger partial charge in [-0.3, -0.25) is 4.79 Å². The summed E-state index contributed by atoms with van der Waals surface area (Å²) >= 11 is 1.48. The van der Waals surface area contributed by atoms with Gasteiger partial charge in [0, 0.05) is 13.1 Å². The number of carbonyl (C=O) groups is 1. The van der Waals surface area contributed by atoms with Crippen LogP contribution in [0.15, 0.2) is 22.0 Å². The topological polar surface area (TPSA) is 68.5 Å². The Kier molecular flexibility index (Phi) is 3.46. The molecule has 2 aromatic rings. The fourth-order valence-corrected chi connectivity index (χ4v) is 3.96. The summed E-state index contributed by atoms with van der Waals surface area (Å²) in [4.78, 5) is 19.4. The highest BCUT2D eigenvalue weighted by Gasteiger charge is 2.42. The normalized spacial score (nSPS) is 27.9. The molecule has 4 rings (SSSR count). The molecule has 0 unspecified atom stereocenters. The average molecular weight is 319 g/mol. The predicted octanol–water partition coefficient (Wildman–Crippen LogP) is 2.43. The molecule has 2 fully saturated rings. The molecular formula is C15H17N3O3S. The fraction of sp³-hybridized carbons (Fsp3) is 0.533. The molecule has 2 aliphatic rings. The van der Waals surface area contributed by atoms with Gasteiger partial charge in [0.2, 0.25) is 0 Å². The molecule has 0 N–H and O–H groups in total. The van der Waals surface area contributed by atoms with Gasteiger partial charge in [0.25, 0.3) is 11.8 Å². The zero-order valence-electron chi connectivity index (χ0n) is 12.3. The number of hydrogen-bond acceptors (Lipinski definition) is 6. The molecule has 2 saturated heterocycles. The van der Waals surface area contributed by atoms with Crippen LogP contribution < -0.4 is 0 Å². The first-order valence-electron chi connectivity index (χ1n) is 7.49. The van der Waals surface area contributed by atoms with Crippen molar-refractivity contribution in [3.63, 3.8) is 0 Å². The third-order valence-electron chi connectivity index (χ3n) is 4.39. The van der Waals surface area contributed by atoms with Crippen molar-refractivity contribution in [1.29, 1.82) is 0 Å². The van der Waals surface area contributed by atoms with E-state index in [2.05, 4.69) is 10.1 Å². The van der Waals surface area contributed by atoms with Crippen LogP contribution in [0.3, 0.4) is 0 Å². The van der Waals surface area contributed by atoms with Crippen molar-refractivity contribution in [1.82, 2.24) is 15.0 Å². The quantitative estimate of drug-likeness (QED) is 0.850. The molecule has 2 aliphatic heterocycles. The standard InChI is InChI=1S/C15H17N3O3S/c1-9-16-14(21-17-9)11-7-10-4-5-18(8-12(10)20-11)15(19)13-3-2-6-22-13/h2-3,6,10-12H,4-5,7-8H2,1H3/t10-,11+,12+/m0/s1. The van der Waals surface area contributed by atoms with Crippen molar-refractivity contribution >= 4 is 17.2 Å². The van der Waals surface area contributed by atoms with Gasteiger partial charge in [-0.05, 0) is 37.1 Å². The van der Waals surface area contributed by atoms with Crippen molar-refractivity contribution in [2.75, 3.05) is 13.1 Å². The van der Waals surface area contributed by atoms with Gasteiger partial charge >= 0.3 is 0 Å². The summed E-state index contributed by atoms with van der Waals surface area (Å²) in [5.74, 6) is 1.75. The Morgan fingerprint density at radius 2 is 2.41 bits per heavy atom. The Hall–Kier alpha value is -1.73. The number of carbonyl (C=O) groups excluding carboxylic acids is 1. The van der Waals surface area contributed by atoms with Crippen molar-refractivity contribution in [3.05, 3.63) is 34.1 Å². The molecule has 0 bridgehead atoms. The summed E-state index contributed by atoms with van der Waals surface area (Å²) in [6, 6.07) is 3.78. The monoisotopic (exact) mass is 319 g/mol. The van der Waals surface area contributed by atoms with Crippen LogP contribution in [0.1, 0.15) is 40.3 Å². The minimum Gasteiger partial charge on any atom is -0.363 e. The van der Waals surface area contributed by atoms with Crippen molar-refractivity contribution in [2.24, 2.45) is 5.92 Å². The van der Waals surface area contributed by atoms with Crippen LogP contribution in [-0.2, 0) is 4.74 Å². The number of rotatable bonds is 2. The molecule has 2 aromatic heterocycles. The second-order valence-electron chi connectivity index (χ2n) is 5.86. The third kappa shape index (κ3) is 2.44. The molecule has 0 aliphatic carbocycles. The van der Waals surface area contributed by atoms with E-state index in [1.165, 1.54) is 11.3 Å². The van der Waals surface area contributed by atoms with E-state index in [0.29, 0.717) is 24.2 Å². The number of ether oxygens (including phenoxy) is 1. The van der Waals surface area contributed by atoms with Gasteiger partial charge in [0.1, 0.15) is 6.10 Å². The highest BCUT2D eigenvalue weighted by Crippen LogP contribution is 2.40. The van der Waals surface area contributed by atoms with Crippen LogP contribution in [0.2, 0.25) is 0 Å². The number of nitrogens with zero attached hydrogens (tertiary/aromatic N) is 3. The summed E-state index contributed by atoms with van der Waals surface area (Å²) in [6.07, 6.45) is 1.79. The van der Waals surface area contributed by atoms with E-state index < -0.39 is 0 Å². The van der Waals surface area contributed by atoms with E-state index in [9.17, 15) is 4.79 Å². The Morgan fingerprint density at radius 3 is 3.14 bits per heavy atom. The van der Waals surface area contributed by atoms with Crippen LogP contribution in [0.5, 0.6) is 0 Å². The molecule has 3 atom stereocenters. The first-order chi connectivity index (χ1) is 10.7. The molecule has 0 spiro atoms. The Balaban J connectivity index is 1.44. The van der Waals surface area contributed by atoms with E-state index in [1.54, 1.807) is 6.92 Å². The minimum absolute atomic E-state index is 0.0647. The Morgan fingerprint density at radius 1 is 1.50 bits per heavy atom.